The van der Waals surface area contributed by atoms with Crippen molar-refractivity contribution < 1.29 is 29.3 Å². The number of rotatable bonds is 2. The molecule has 4 aliphatic rings. The Morgan fingerprint density at radius 1 is 0.694 bits per heavy atom. The molecule has 1 saturated heterocycles. The van der Waals surface area contributed by atoms with Gasteiger partial charge in [0.15, 0.2) is 0 Å². The molecule has 0 bridgehead atoms. The van der Waals surface area contributed by atoms with E-state index in [1.165, 1.54) is 12.8 Å². The van der Waals surface area contributed by atoms with Gasteiger partial charge in [-0.1, -0.05) is 12.8 Å². The van der Waals surface area contributed by atoms with Crippen molar-refractivity contribution in [1.82, 2.24) is 16.0 Å². The summed E-state index contributed by atoms with van der Waals surface area (Å²) >= 11 is 0. The van der Waals surface area contributed by atoms with Crippen LogP contribution in [0.1, 0.15) is 86.5 Å². The number of alkyl carbamates (subject to hydrolysis) is 2. The summed E-state index contributed by atoms with van der Waals surface area (Å²) in [5.41, 5.74) is -0.990. The van der Waals surface area contributed by atoms with Gasteiger partial charge in [-0.3, -0.25) is 0 Å². The van der Waals surface area contributed by atoms with Gasteiger partial charge < -0.3 is 35.6 Å². The molecule has 4 rings (SSSR count). The molecular weight excluding hydrogens is 462 g/mol. The Bertz CT molecular complexity index is 687. The highest BCUT2D eigenvalue weighted by Gasteiger charge is 2.43. The molecule has 3 saturated carbocycles. The maximum absolute atomic E-state index is 11.8. The molecule has 9 nitrogen and oxygen atoms in total. The summed E-state index contributed by atoms with van der Waals surface area (Å²) in [6.45, 7) is 12.9. The Morgan fingerprint density at radius 3 is 1.72 bits per heavy atom. The van der Waals surface area contributed by atoms with Crippen LogP contribution in [0.25, 0.3) is 0 Å². The fourth-order valence-electron chi connectivity index (χ4n) is 6.38. The molecule has 208 valence electrons. The fraction of sp³-hybridized carbons (Fsp3) is 0.926. The van der Waals surface area contributed by atoms with E-state index in [-0.39, 0.29) is 12.1 Å². The molecular formula is C27H49N3O6. The molecule has 0 aromatic rings. The molecule has 8 atom stereocenters. The Hall–Kier alpha value is -1.58. The number of carbonyl (C=O) groups is 2. The highest BCUT2D eigenvalue weighted by atomic mass is 16.6. The van der Waals surface area contributed by atoms with Crippen LogP contribution in [0.2, 0.25) is 0 Å². The maximum Gasteiger partial charge on any atom is 0.407 e. The lowest BCUT2D eigenvalue weighted by atomic mass is 9.76. The Morgan fingerprint density at radius 2 is 1.19 bits per heavy atom. The van der Waals surface area contributed by atoms with Gasteiger partial charge in [0, 0.05) is 6.54 Å². The average molecular weight is 512 g/mol. The number of nitrogens with one attached hydrogen (secondary N) is 3. The third kappa shape index (κ3) is 8.21. The fourth-order valence-corrected chi connectivity index (χ4v) is 6.38. The van der Waals surface area contributed by atoms with Crippen LogP contribution in [0.15, 0.2) is 0 Å². The van der Waals surface area contributed by atoms with Crippen LogP contribution in [-0.2, 0) is 9.47 Å². The van der Waals surface area contributed by atoms with Crippen LogP contribution in [-0.4, -0.2) is 71.0 Å². The summed E-state index contributed by atoms with van der Waals surface area (Å²) in [6, 6.07) is -0.310. The third-order valence-corrected chi connectivity index (χ3v) is 7.89. The summed E-state index contributed by atoms with van der Waals surface area (Å²) < 4.78 is 10.5. The van der Waals surface area contributed by atoms with Gasteiger partial charge in [0.25, 0.3) is 0 Å². The summed E-state index contributed by atoms with van der Waals surface area (Å²) in [5, 5.41) is 29.2. The number of aliphatic hydroxyl groups is 2. The van der Waals surface area contributed by atoms with Crippen molar-refractivity contribution in [3.63, 3.8) is 0 Å². The average Bonchev–Trinajstić information content (AvgIpc) is 3.39. The predicted octanol–water partition coefficient (Wildman–Crippen LogP) is 3.32. The molecule has 0 radical (unpaired) electrons. The molecule has 4 fully saturated rings. The first-order valence-electron chi connectivity index (χ1n) is 13.8. The van der Waals surface area contributed by atoms with Crippen molar-refractivity contribution in [2.45, 2.75) is 122 Å². The standard InChI is InChI=1S/C14H25NO3.C13H24N2O3/c1-14(2,3)18-13(17)15-12-10-6-4-5-9(10)7-8-11(12)16;1-13(2,3)18-12(17)15-11-9-7-14-6-8(9)4-5-10(11)16/h9-12,16H,4-8H2,1-3H3,(H,15,17);8-11,14,16H,4-7H2,1-3H3,(H,15,17)/t9-,10-,11+,12-;8-,9+,10-,11+/m01/s1. The minimum absolute atomic E-state index is 0.124. The van der Waals surface area contributed by atoms with E-state index in [9.17, 15) is 19.8 Å². The normalized spacial score (nSPS) is 36.0. The Labute approximate surface area is 216 Å². The summed E-state index contributed by atoms with van der Waals surface area (Å²) in [4.78, 5) is 23.6. The first-order chi connectivity index (χ1) is 16.7. The second-order valence-corrected chi connectivity index (χ2v) is 13.1. The van der Waals surface area contributed by atoms with E-state index in [0.29, 0.717) is 23.7 Å². The minimum Gasteiger partial charge on any atom is -0.444 e. The summed E-state index contributed by atoms with van der Waals surface area (Å²) in [7, 11) is 0. The molecule has 2 amide bonds. The predicted molar refractivity (Wildman–Crippen MR) is 137 cm³/mol. The molecule has 1 heterocycles. The quantitative estimate of drug-likeness (QED) is 0.385. The van der Waals surface area contributed by atoms with Crippen LogP contribution in [0, 0.1) is 23.7 Å². The van der Waals surface area contributed by atoms with Gasteiger partial charge in [0.2, 0.25) is 0 Å². The number of hydrogen-bond donors (Lipinski definition) is 5. The highest BCUT2D eigenvalue weighted by molar-refractivity contribution is 5.68. The lowest BCUT2D eigenvalue weighted by molar-refractivity contribution is 0.0154. The van der Waals surface area contributed by atoms with Crippen molar-refractivity contribution in [1.29, 1.82) is 0 Å². The largest absolute Gasteiger partial charge is 0.444 e. The molecule has 0 unspecified atom stereocenters. The Kier molecular flexibility index (Phi) is 9.55. The zero-order valence-electron chi connectivity index (χ0n) is 23.0. The van der Waals surface area contributed by atoms with E-state index in [4.69, 9.17) is 9.47 Å². The zero-order chi connectivity index (χ0) is 26.7. The van der Waals surface area contributed by atoms with Crippen molar-refractivity contribution >= 4 is 12.2 Å². The van der Waals surface area contributed by atoms with E-state index >= 15 is 0 Å². The topological polar surface area (TPSA) is 129 Å². The van der Waals surface area contributed by atoms with Gasteiger partial charge in [0.1, 0.15) is 11.2 Å². The van der Waals surface area contributed by atoms with E-state index in [1.807, 2.05) is 41.5 Å². The van der Waals surface area contributed by atoms with Gasteiger partial charge in [0.05, 0.1) is 24.3 Å². The molecule has 9 heteroatoms. The van der Waals surface area contributed by atoms with E-state index in [1.54, 1.807) is 0 Å². The van der Waals surface area contributed by atoms with Gasteiger partial charge >= 0.3 is 12.2 Å². The summed E-state index contributed by atoms with van der Waals surface area (Å²) in [6.07, 6.45) is 5.53. The lowest BCUT2D eigenvalue weighted by Crippen LogP contribution is -2.53. The van der Waals surface area contributed by atoms with Crippen LogP contribution in [0.3, 0.4) is 0 Å². The number of ether oxygens (including phenoxy) is 2. The van der Waals surface area contributed by atoms with Crippen molar-refractivity contribution in [2.24, 2.45) is 23.7 Å². The monoisotopic (exact) mass is 511 g/mol. The van der Waals surface area contributed by atoms with Crippen molar-refractivity contribution in [2.75, 3.05) is 13.1 Å². The molecule has 0 aromatic carbocycles. The molecule has 0 aromatic heterocycles. The first kappa shape index (κ1) is 29.0. The lowest BCUT2D eigenvalue weighted by Gasteiger charge is -2.38. The van der Waals surface area contributed by atoms with E-state index in [2.05, 4.69) is 16.0 Å². The van der Waals surface area contributed by atoms with E-state index in [0.717, 1.165) is 45.2 Å². The zero-order valence-corrected chi connectivity index (χ0v) is 23.0. The van der Waals surface area contributed by atoms with Crippen LogP contribution < -0.4 is 16.0 Å². The van der Waals surface area contributed by atoms with Crippen LogP contribution in [0.4, 0.5) is 9.59 Å². The minimum atomic E-state index is -0.503. The Balaban J connectivity index is 0.000000201. The third-order valence-electron chi connectivity index (χ3n) is 7.89. The van der Waals surface area contributed by atoms with Gasteiger partial charge in [-0.2, -0.15) is 0 Å². The smallest absolute Gasteiger partial charge is 0.407 e. The van der Waals surface area contributed by atoms with Crippen molar-refractivity contribution in [3.05, 3.63) is 0 Å². The number of carbonyl (C=O) groups excluding carboxylic acids is 2. The SMILES string of the molecule is CC(C)(C)OC(=O)N[C@H]1[C@H]2CCC[C@H]2CC[C@H]1O.CC(C)(C)OC(=O)N[C@H]1[C@H]2CNC[C@H]2CC[C@H]1O. The van der Waals surface area contributed by atoms with Crippen LogP contribution >= 0.6 is 0 Å². The summed E-state index contributed by atoms with van der Waals surface area (Å²) in [5.74, 6) is 1.99. The van der Waals surface area contributed by atoms with E-state index < -0.39 is 35.6 Å². The molecule has 5 N–H and O–H groups in total. The maximum atomic E-state index is 11.8. The highest BCUT2D eigenvalue weighted by Crippen LogP contribution is 2.42. The molecule has 36 heavy (non-hydrogen) atoms. The number of hydrogen-bond acceptors (Lipinski definition) is 7. The second kappa shape index (κ2) is 11.9. The number of fused-ring (bicyclic) bond motifs is 2. The second-order valence-electron chi connectivity index (χ2n) is 13.1. The molecule has 0 spiro atoms. The van der Waals surface area contributed by atoms with Gasteiger partial charge in [-0.05, 0) is 104 Å². The number of amides is 2. The van der Waals surface area contributed by atoms with Gasteiger partial charge in [-0.25, -0.2) is 9.59 Å². The molecule has 3 aliphatic carbocycles. The van der Waals surface area contributed by atoms with Crippen LogP contribution in [0.5, 0.6) is 0 Å². The molecule has 1 aliphatic heterocycles. The van der Waals surface area contributed by atoms with Crippen molar-refractivity contribution in [3.8, 4) is 0 Å². The number of aliphatic hydroxyl groups excluding tert-OH is 2. The van der Waals surface area contributed by atoms with Gasteiger partial charge in [-0.15, -0.1) is 0 Å². The first-order valence-corrected chi connectivity index (χ1v) is 13.8.